The average molecular weight is 569 g/mol. The molecule has 40 heavy (non-hydrogen) atoms. The van der Waals surface area contributed by atoms with E-state index in [0.717, 1.165) is 45.7 Å². The molecule has 1 amide bonds. The number of nitrogens with two attached hydrogens (primary N) is 1. The summed E-state index contributed by atoms with van der Waals surface area (Å²) in [6, 6.07) is 5.89. The molecule has 1 saturated heterocycles. The van der Waals surface area contributed by atoms with Crippen molar-refractivity contribution in [2.75, 3.05) is 37.8 Å². The van der Waals surface area contributed by atoms with Gasteiger partial charge in [0.05, 0.1) is 23.6 Å². The molecular weight excluding hydrogens is 532 g/mol. The molecule has 10 nitrogen and oxygen atoms in total. The number of nitrogens with one attached hydrogen (secondary N) is 1. The van der Waals surface area contributed by atoms with E-state index in [1.165, 1.54) is 6.92 Å². The first-order valence-electron chi connectivity index (χ1n) is 12.6. The number of halogens is 4. The lowest BCUT2D eigenvalue weighted by Crippen LogP contribution is -2.50. The summed E-state index contributed by atoms with van der Waals surface area (Å²) in [4.78, 5) is 25.3. The summed E-state index contributed by atoms with van der Waals surface area (Å²) in [5.41, 5.74) is 11.1. The maximum Gasteiger partial charge on any atom is 0.267 e. The van der Waals surface area contributed by atoms with Gasteiger partial charge in [0.15, 0.2) is 5.82 Å². The number of anilines is 2. The minimum atomic E-state index is -2.82. The topological polar surface area (TPSA) is 134 Å². The number of carbonyl (C=O) groups excluding carboxylic acids is 1. The first-order chi connectivity index (χ1) is 18.7. The van der Waals surface area contributed by atoms with E-state index < -0.39 is 37.3 Å². The molecule has 3 aromatic heterocycles. The first-order valence-corrected chi connectivity index (χ1v) is 12.6. The molecule has 4 heterocycles. The molecule has 1 atom stereocenters. The lowest BCUT2D eigenvalue weighted by atomic mass is 9.95. The third kappa shape index (κ3) is 8.60. The number of rotatable bonds is 4. The minimum Gasteiger partial charge on any atom is -0.387 e. The Morgan fingerprint density at radius 2 is 1.93 bits per heavy atom. The van der Waals surface area contributed by atoms with Crippen LogP contribution in [-0.4, -0.2) is 80.3 Å². The zero-order valence-electron chi connectivity index (χ0n) is 23.4. The maximum atomic E-state index is 13.1. The summed E-state index contributed by atoms with van der Waals surface area (Å²) in [6.45, 7) is 7.26. The number of likely N-dealkylation sites (tertiary alicyclic amines) is 1. The van der Waals surface area contributed by atoms with Gasteiger partial charge in [-0.1, -0.05) is 6.92 Å². The van der Waals surface area contributed by atoms with Crippen molar-refractivity contribution in [2.24, 2.45) is 10.9 Å². The zero-order chi connectivity index (χ0) is 30.2. The Hall–Kier alpha value is -3.81. The number of nitrogens with zero attached hydrogens (tertiary/aromatic N) is 6. The van der Waals surface area contributed by atoms with Crippen LogP contribution < -0.4 is 11.1 Å². The van der Waals surface area contributed by atoms with Gasteiger partial charge in [-0.15, -0.1) is 5.10 Å². The molecule has 220 valence electrons. The number of aliphatic hydroxyl groups is 1. The molecule has 0 spiro atoms. The summed E-state index contributed by atoms with van der Waals surface area (Å²) in [7, 11) is 1.80. The number of aliphatic imine (C=N–C) groups is 1. The average Bonchev–Trinajstić information content (AvgIpc) is 3.29. The van der Waals surface area contributed by atoms with Gasteiger partial charge in [0.1, 0.15) is 12.1 Å². The highest BCUT2D eigenvalue weighted by atomic mass is 19.3. The second-order valence-electron chi connectivity index (χ2n) is 9.39. The Balaban J connectivity index is 0.000000278. The number of aliphatic hydroxyl groups excluding tert-OH is 1. The molecule has 3 aromatic rings. The van der Waals surface area contributed by atoms with E-state index in [4.69, 9.17) is 10.8 Å². The van der Waals surface area contributed by atoms with Crippen LogP contribution in [0.1, 0.15) is 39.8 Å². The molecular formula is C26H36F4N8O2. The molecule has 1 unspecified atom stereocenters. The Bertz CT molecular complexity index is 1320. The number of amides is 1. The van der Waals surface area contributed by atoms with Crippen LogP contribution in [0.25, 0.3) is 16.8 Å². The second kappa shape index (κ2) is 14.0. The molecule has 4 rings (SSSR count). The van der Waals surface area contributed by atoms with Gasteiger partial charge in [-0.2, -0.15) is 4.98 Å². The molecule has 4 N–H and O–H groups in total. The highest BCUT2D eigenvalue weighted by Gasteiger charge is 2.42. The third-order valence-electron chi connectivity index (χ3n) is 5.88. The van der Waals surface area contributed by atoms with E-state index in [-0.39, 0.29) is 5.95 Å². The summed E-state index contributed by atoms with van der Waals surface area (Å²) in [6.07, 6.45) is -0.0262. The van der Waals surface area contributed by atoms with Crippen LogP contribution in [0.3, 0.4) is 0 Å². The molecule has 1 fully saturated rings. The molecule has 1 aliphatic heterocycles. The highest BCUT2D eigenvalue weighted by Crippen LogP contribution is 2.32. The fourth-order valence-electron chi connectivity index (χ4n) is 3.85. The Morgan fingerprint density at radius 3 is 2.45 bits per heavy atom. The Labute approximate surface area is 230 Å². The Kier molecular flexibility index (Phi) is 11.3. The monoisotopic (exact) mass is 568 g/mol. The Morgan fingerprint density at radius 1 is 1.27 bits per heavy atom. The van der Waals surface area contributed by atoms with Gasteiger partial charge in [-0.25, -0.2) is 22.1 Å². The van der Waals surface area contributed by atoms with Crippen LogP contribution in [0.5, 0.6) is 0 Å². The summed E-state index contributed by atoms with van der Waals surface area (Å²) in [5, 5.41) is 15.7. The van der Waals surface area contributed by atoms with Crippen LogP contribution >= 0.6 is 0 Å². The van der Waals surface area contributed by atoms with Crippen molar-refractivity contribution in [3.05, 3.63) is 30.1 Å². The number of carbonyl (C=O) groups is 1. The van der Waals surface area contributed by atoms with Crippen molar-refractivity contribution >= 4 is 34.6 Å². The molecule has 0 aromatic carbocycles. The van der Waals surface area contributed by atoms with Gasteiger partial charge in [0, 0.05) is 37.0 Å². The molecule has 1 aliphatic rings. The number of hydrogen-bond donors (Lipinski definition) is 3. The molecule has 0 saturated carbocycles. The molecule has 0 aliphatic carbocycles. The predicted molar refractivity (Wildman–Crippen MR) is 147 cm³/mol. The standard InChI is InChI=1S/C16H19N7.C8H13F2NO2.C2H4F2/c1-9(2)19-12-5-6-13(20-10(12)3)11-7-8-23-14(11)15(18-4)21-16(17)22-23;1-6-2-3-11(7(13)4-12)5-8(6,9)10;1-2(3)4/h5-8H,1-4H3,(H3,17,18,21,22);6,12H,2-5H2,1H3;2H,1H3. The fourth-order valence-corrected chi connectivity index (χ4v) is 3.85. The first kappa shape index (κ1) is 32.4. The van der Waals surface area contributed by atoms with Crippen LogP contribution in [0.15, 0.2) is 29.4 Å². The minimum absolute atomic E-state index is 0.219. The van der Waals surface area contributed by atoms with E-state index in [2.05, 4.69) is 25.4 Å². The number of piperidine rings is 1. The van der Waals surface area contributed by atoms with Gasteiger partial charge < -0.3 is 21.1 Å². The maximum absolute atomic E-state index is 13.1. The van der Waals surface area contributed by atoms with Crippen LogP contribution in [0.4, 0.5) is 35.0 Å². The summed E-state index contributed by atoms with van der Waals surface area (Å²) < 4.78 is 48.5. The van der Waals surface area contributed by atoms with Gasteiger partial charge in [0.2, 0.25) is 18.3 Å². The predicted octanol–water partition coefficient (Wildman–Crippen LogP) is 4.59. The van der Waals surface area contributed by atoms with Gasteiger partial charge in [-0.05, 0) is 52.3 Å². The van der Waals surface area contributed by atoms with E-state index in [9.17, 15) is 22.4 Å². The fraction of sp³-hybridized carbons (Fsp3) is 0.500. The van der Waals surface area contributed by atoms with E-state index >= 15 is 0 Å². The van der Waals surface area contributed by atoms with Crippen molar-refractivity contribution in [1.29, 1.82) is 0 Å². The molecule has 0 radical (unpaired) electrons. The highest BCUT2D eigenvalue weighted by molar-refractivity contribution is 5.88. The van der Waals surface area contributed by atoms with Crippen LogP contribution in [0.2, 0.25) is 0 Å². The SMILES string of the molecule is CC(F)F.CC1CCN(C(=O)CO)CC1(F)F.CNc1nc(N)nn2ccc(-c3ccc(N=C(C)C)c(C)n3)c12. The van der Waals surface area contributed by atoms with Crippen molar-refractivity contribution in [2.45, 2.75) is 53.4 Å². The number of fused-ring (bicyclic) bond motifs is 1. The van der Waals surface area contributed by atoms with Gasteiger partial charge in [0.25, 0.3) is 5.92 Å². The largest absolute Gasteiger partial charge is 0.387 e. The summed E-state index contributed by atoms with van der Waals surface area (Å²) >= 11 is 0. The van der Waals surface area contributed by atoms with Crippen LogP contribution in [-0.2, 0) is 4.79 Å². The lowest BCUT2D eigenvalue weighted by Gasteiger charge is -2.36. The number of hydrogen-bond acceptors (Lipinski definition) is 8. The summed E-state index contributed by atoms with van der Waals surface area (Å²) in [5.74, 6) is -3.23. The van der Waals surface area contributed by atoms with Crippen molar-refractivity contribution in [1.82, 2.24) is 24.5 Å². The smallest absolute Gasteiger partial charge is 0.267 e. The number of aromatic nitrogens is 4. The zero-order valence-corrected chi connectivity index (χ0v) is 23.4. The second-order valence-corrected chi connectivity index (χ2v) is 9.39. The number of aryl methyl sites for hydroxylation is 1. The van der Waals surface area contributed by atoms with Crippen molar-refractivity contribution in [3.8, 4) is 11.3 Å². The third-order valence-corrected chi connectivity index (χ3v) is 5.88. The molecule has 14 heteroatoms. The van der Waals surface area contributed by atoms with Gasteiger partial charge >= 0.3 is 0 Å². The van der Waals surface area contributed by atoms with Gasteiger partial charge in [-0.3, -0.25) is 14.8 Å². The number of pyridine rings is 1. The quantitative estimate of drug-likeness (QED) is 0.310. The van der Waals surface area contributed by atoms with E-state index in [1.54, 1.807) is 11.6 Å². The normalized spacial score (nSPS) is 16.0. The van der Waals surface area contributed by atoms with Crippen molar-refractivity contribution in [3.63, 3.8) is 0 Å². The van der Waals surface area contributed by atoms with Crippen molar-refractivity contribution < 1.29 is 27.5 Å². The molecule has 0 bridgehead atoms. The van der Waals surface area contributed by atoms with E-state index in [0.29, 0.717) is 18.8 Å². The number of alkyl halides is 4. The lowest BCUT2D eigenvalue weighted by molar-refractivity contribution is -0.151. The van der Waals surface area contributed by atoms with Crippen LogP contribution in [0, 0.1) is 12.8 Å². The number of nitrogen functional groups attached to an aromatic ring is 1. The van der Waals surface area contributed by atoms with E-state index in [1.807, 2.05) is 45.2 Å².